The minimum atomic E-state index is 0.296. The van der Waals surface area contributed by atoms with Gasteiger partial charge in [0.25, 0.3) is 0 Å². The van der Waals surface area contributed by atoms with Gasteiger partial charge in [-0.05, 0) is 65.6 Å². The predicted molar refractivity (Wildman–Crippen MR) is 139 cm³/mol. The van der Waals surface area contributed by atoms with E-state index in [9.17, 15) is 0 Å². The highest BCUT2D eigenvalue weighted by molar-refractivity contribution is 6.08. The van der Waals surface area contributed by atoms with Crippen molar-refractivity contribution in [2.24, 2.45) is 0 Å². The molecule has 0 radical (unpaired) electrons. The number of anilines is 2. The molecule has 0 bridgehead atoms. The molecule has 1 aliphatic carbocycles. The third kappa shape index (κ3) is 2.81. The van der Waals surface area contributed by atoms with E-state index < -0.39 is 0 Å². The first-order valence-electron chi connectivity index (χ1n) is 11.6. The van der Waals surface area contributed by atoms with Crippen molar-refractivity contribution in [1.82, 2.24) is 4.98 Å². The first-order chi connectivity index (χ1) is 16.3. The Hall–Kier alpha value is -4.04. The van der Waals surface area contributed by atoms with Gasteiger partial charge in [-0.15, -0.1) is 0 Å². The molecule has 7 rings (SSSR count). The molecular weight excluding hydrogens is 400 g/mol. The van der Waals surface area contributed by atoms with Gasteiger partial charge in [-0.3, -0.25) is 0 Å². The number of hydrogen-bond donors (Lipinski definition) is 1. The number of H-pyrrole nitrogens is 1. The van der Waals surface area contributed by atoms with Gasteiger partial charge in [-0.1, -0.05) is 72.8 Å². The molecule has 0 amide bonds. The van der Waals surface area contributed by atoms with Crippen LogP contribution >= 0.6 is 0 Å². The second kappa shape index (κ2) is 6.98. The number of aromatic amines is 1. The number of para-hydroxylation sites is 2. The quantitative estimate of drug-likeness (QED) is 0.305. The van der Waals surface area contributed by atoms with E-state index in [0.29, 0.717) is 12.0 Å². The average molecular weight is 425 g/mol. The van der Waals surface area contributed by atoms with E-state index in [-0.39, 0.29) is 0 Å². The highest BCUT2D eigenvalue weighted by atomic mass is 15.2. The Morgan fingerprint density at radius 3 is 2.55 bits per heavy atom. The van der Waals surface area contributed by atoms with Gasteiger partial charge in [0.2, 0.25) is 0 Å². The zero-order chi connectivity index (χ0) is 21.9. The van der Waals surface area contributed by atoms with Crippen LogP contribution in [0.3, 0.4) is 0 Å². The summed E-state index contributed by atoms with van der Waals surface area (Å²) < 4.78 is 0. The number of aryl methyl sites for hydroxylation is 1. The molecule has 4 aromatic carbocycles. The minimum Gasteiger partial charge on any atom is -0.355 e. The Bertz CT molecular complexity index is 1600. The van der Waals surface area contributed by atoms with Crippen LogP contribution in [0.1, 0.15) is 22.6 Å². The van der Waals surface area contributed by atoms with Gasteiger partial charge < -0.3 is 9.88 Å². The molecule has 2 heterocycles. The molecule has 1 aliphatic heterocycles. The number of rotatable bonds is 2. The summed E-state index contributed by atoms with van der Waals surface area (Å²) in [7, 11) is 0. The summed E-state index contributed by atoms with van der Waals surface area (Å²) in [5.74, 6) is 0.334. The summed E-state index contributed by atoms with van der Waals surface area (Å²) in [6.45, 7) is 2.17. The Balaban J connectivity index is 1.34. The van der Waals surface area contributed by atoms with Gasteiger partial charge in [0.05, 0.1) is 6.04 Å². The highest BCUT2D eigenvalue weighted by Gasteiger charge is 2.38. The van der Waals surface area contributed by atoms with Crippen molar-refractivity contribution in [2.75, 3.05) is 4.90 Å². The molecule has 2 atom stereocenters. The first kappa shape index (κ1) is 18.5. The maximum Gasteiger partial charge on any atom is 0.0630 e. The van der Waals surface area contributed by atoms with Crippen molar-refractivity contribution in [1.29, 1.82) is 0 Å². The fourth-order valence-corrected chi connectivity index (χ4v) is 5.65. The number of nitrogens with zero attached hydrogens (tertiary/aromatic N) is 1. The summed E-state index contributed by atoms with van der Waals surface area (Å²) in [5, 5.41) is 2.57. The van der Waals surface area contributed by atoms with Crippen LogP contribution in [-0.2, 0) is 0 Å². The zero-order valence-corrected chi connectivity index (χ0v) is 18.5. The van der Waals surface area contributed by atoms with Gasteiger partial charge in [0.15, 0.2) is 0 Å². The second-order valence-corrected chi connectivity index (χ2v) is 9.20. The van der Waals surface area contributed by atoms with Gasteiger partial charge in [-0.2, -0.15) is 0 Å². The van der Waals surface area contributed by atoms with Crippen molar-refractivity contribution in [3.63, 3.8) is 0 Å². The van der Waals surface area contributed by atoms with E-state index in [1.165, 1.54) is 55.4 Å². The van der Waals surface area contributed by atoms with E-state index in [4.69, 9.17) is 0 Å². The molecule has 2 aliphatic rings. The third-order valence-electron chi connectivity index (χ3n) is 7.17. The van der Waals surface area contributed by atoms with Crippen LogP contribution in [-0.4, -0.2) is 11.0 Å². The van der Waals surface area contributed by atoms with E-state index in [0.717, 1.165) is 0 Å². The number of benzene rings is 4. The van der Waals surface area contributed by atoms with Crippen LogP contribution in [0.25, 0.3) is 27.4 Å². The molecule has 1 aromatic heterocycles. The summed E-state index contributed by atoms with van der Waals surface area (Å²) in [5.41, 5.74) is 10.2. The second-order valence-electron chi connectivity index (χ2n) is 9.20. The van der Waals surface area contributed by atoms with Crippen LogP contribution in [0.2, 0.25) is 0 Å². The molecule has 2 unspecified atom stereocenters. The number of aromatic nitrogens is 1. The van der Waals surface area contributed by atoms with E-state index in [2.05, 4.69) is 126 Å². The molecule has 0 fully saturated rings. The molecule has 2 nitrogen and oxygen atoms in total. The Kier molecular flexibility index (Phi) is 3.92. The molecule has 0 saturated heterocycles. The van der Waals surface area contributed by atoms with Crippen molar-refractivity contribution in [3.05, 3.63) is 126 Å². The number of nitrogens with one attached hydrogen (secondary N) is 1. The third-order valence-corrected chi connectivity index (χ3v) is 7.17. The highest BCUT2D eigenvalue weighted by Crippen LogP contribution is 2.49. The topological polar surface area (TPSA) is 19.0 Å². The van der Waals surface area contributed by atoms with Crippen LogP contribution in [0.5, 0.6) is 0 Å². The summed E-state index contributed by atoms with van der Waals surface area (Å²) in [4.78, 5) is 6.04. The van der Waals surface area contributed by atoms with Crippen molar-refractivity contribution < 1.29 is 0 Å². The van der Waals surface area contributed by atoms with Gasteiger partial charge in [0.1, 0.15) is 0 Å². The molecule has 1 N–H and O–H groups in total. The SMILES string of the molecule is Cc1cccc(N2c3ccccc3C3C=C(c4ccc5[nH]c6ccccc6c5c4)C=CC32)c1. The fraction of sp³-hybridized carbons (Fsp3) is 0.0968. The van der Waals surface area contributed by atoms with E-state index in [1.807, 2.05) is 0 Å². The Morgan fingerprint density at radius 2 is 1.61 bits per heavy atom. The maximum absolute atomic E-state index is 3.54. The number of hydrogen-bond acceptors (Lipinski definition) is 1. The van der Waals surface area contributed by atoms with E-state index in [1.54, 1.807) is 0 Å². The predicted octanol–water partition coefficient (Wildman–Crippen LogP) is 7.89. The van der Waals surface area contributed by atoms with Crippen molar-refractivity contribution >= 4 is 38.8 Å². The molecule has 0 spiro atoms. The standard InChI is InChI=1S/C31H24N2/c1-20-7-6-8-23(17-20)33-30-12-5-3-10-25(30)27-19-22(14-16-31(27)33)21-13-15-29-26(18-21)24-9-2-4-11-28(24)32-29/h2-19,27,31-32H,1H3. The summed E-state index contributed by atoms with van der Waals surface area (Å²) in [6.07, 6.45) is 7.17. The van der Waals surface area contributed by atoms with Gasteiger partial charge in [0, 0.05) is 39.1 Å². The normalized spacial score (nSPS) is 19.1. The van der Waals surface area contributed by atoms with Crippen LogP contribution in [0.15, 0.2) is 109 Å². The molecule has 0 saturated carbocycles. The van der Waals surface area contributed by atoms with E-state index >= 15 is 0 Å². The molecule has 5 aromatic rings. The monoisotopic (exact) mass is 424 g/mol. The number of allylic oxidation sites excluding steroid dienone is 2. The van der Waals surface area contributed by atoms with Gasteiger partial charge in [-0.25, -0.2) is 0 Å². The Morgan fingerprint density at radius 1 is 0.758 bits per heavy atom. The number of fused-ring (bicyclic) bond motifs is 6. The Labute approximate surface area is 193 Å². The fourth-order valence-electron chi connectivity index (χ4n) is 5.65. The lowest BCUT2D eigenvalue weighted by molar-refractivity contribution is 0.747. The summed E-state index contributed by atoms with van der Waals surface area (Å²) >= 11 is 0. The largest absolute Gasteiger partial charge is 0.355 e. The van der Waals surface area contributed by atoms with Crippen LogP contribution in [0, 0.1) is 6.92 Å². The molecular formula is C31H24N2. The van der Waals surface area contributed by atoms with Crippen LogP contribution < -0.4 is 4.90 Å². The minimum absolute atomic E-state index is 0.296. The maximum atomic E-state index is 3.54. The molecule has 33 heavy (non-hydrogen) atoms. The first-order valence-corrected chi connectivity index (χ1v) is 11.6. The average Bonchev–Trinajstić information content (AvgIpc) is 3.39. The lowest BCUT2D eigenvalue weighted by Crippen LogP contribution is -2.29. The molecule has 158 valence electrons. The lowest BCUT2D eigenvalue weighted by atomic mass is 9.86. The van der Waals surface area contributed by atoms with Crippen molar-refractivity contribution in [3.8, 4) is 0 Å². The lowest BCUT2D eigenvalue weighted by Gasteiger charge is -2.30. The van der Waals surface area contributed by atoms with Crippen LogP contribution in [0.4, 0.5) is 11.4 Å². The van der Waals surface area contributed by atoms with Gasteiger partial charge >= 0.3 is 0 Å². The summed E-state index contributed by atoms with van der Waals surface area (Å²) in [6, 6.07) is 33.3. The smallest absolute Gasteiger partial charge is 0.0630 e. The molecule has 2 heteroatoms. The van der Waals surface area contributed by atoms with Crippen molar-refractivity contribution in [2.45, 2.75) is 18.9 Å². The zero-order valence-electron chi connectivity index (χ0n) is 18.5.